The summed E-state index contributed by atoms with van der Waals surface area (Å²) in [5, 5.41) is 9.31. The Morgan fingerprint density at radius 1 is 0.450 bits per heavy atom. The predicted molar refractivity (Wildman–Crippen MR) is 90.4 cm³/mol. The van der Waals surface area contributed by atoms with Gasteiger partial charge in [-0.1, -0.05) is 41.5 Å². The zero-order valence-electron chi connectivity index (χ0n) is 15.7. The molecule has 0 amide bonds. The third kappa shape index (κ3) is 11.4. The smallest absolute Gasteiger partial charge is 0.0760 e. The van der Waals surface area contributed by atoms with Crippen molar-refractivity contribution in [1.29, 1.82) is 0 Å². The van der Waals surface area contributed by atoms with Crippen molar-refractivity contribution >= 4 is 0 Å². The highest BCUT2D eigenvalue weighted by molar-refractivity contribution is 4.83. The van der Waals surface area contributed by atoms with Crippen molar-refractivity contribution in [2.24, 2.45) is 21.1 Å². The normalized spacial score (nSPS) is 15.1. The van der Waals surface area contributed by atoms with Crippen molar-refractivity contribution in [3.05, 3.63) is 0 Å². The minimum Gasteiger partial charge on any atom is -0.187 e. The second-order valence-electron chi connectivity index (χ2n) is 9.95. The maximum atomic E-state index is 4.66. The van der Waals surface area contributed by atoms with Gasteiger partial charge in [0.25, 0.3) is 0 Å². The Kier molecular flexibility index (Phi) is 6.44. The Morgan fingerprint density at radius 2 is 0.700 bits per heavy atom. The first-order valence-electron chi connectivity index (χ1n) is 8.06. The topological polar surface area (TPSA) is 24.7 Å². The Bertz CT molecular complexity index is 279. The molecule has 0 N–H and O–H groups in total. The van der Waals surface area contributed by atoms with Gasteiger partial charge in [-0.3, -0.25) is 0 Å². The largest absolute Gasteiger partial charge is 0.187 e. The van der Waals surface area contributed by atoms with E-state index < -0.39 is 0 Å². The summed E-state index contributed by atoms with van der Waals surface area (Å²) >= 11 is 0. The predicted octanol–water partition coefficient (Wildman–Crippen LogP) is 6.65. The maximum Gasteiger partial charge on any atom is 0.0760 e. The molecule has 0 heterocycles. The molecule has 0 radical (unpaired) electrons. The molecule has 0 unspecified atom stereocenters. The van der Waals surface area contributed by atoms with E-state index in [-0.39, 0.29) is 11.1 Å². The standard InChI is InChI=1S/C18H38N2/c1-15(2,3)11-13-17(7,8)19-20-18(9,10)14-12-16(4,5)6/h11-14H2,1-10H3/b20-19+. The molecule has 20 heavy (non-hydrogen) atoms. The lowest BCUT2D eigenvalue weighted by atomic mass is 9.84. The van der Waals surface area contributed by atoms with Gasteiger partial charge in [0.1, 0.15) is 0 Å². The first-order chi connectivity index (χ1) is 8.62. The molecule has 2 nitrogen and oxygen atoms in total. The van der Waals surface area contributed by atoms with Crippen molar-refractivity contribution in [2.45, 2.75) is 106 Å². The van der Waals surface area contributed by atoms with E-state index in [4.69, 9.17) is 0 Å². The van der Waals surface area contributed by atoms with Gasteiger partial charge in [-0.25, -0.2) is 0 Å². The summed E-state index contributed by atoms with van der Waals surface area (Å²) in [6.07, 6.45) is 4.55. The second kappa shape index (κ2) is 6.58. The molecule has 0 fully saturated rings. The molecule has 2 heteroatoms. The summed E-state index contributed by atoms with van der Waals surface area (Å²) < 4.78 is 0. The molecule has 0 aromatic rings. The van der Waals surface area contributed by atoms with Gasteiger partial charge in [0.15, 0.2) is 0 Å². The molecule has 0 aromatic heterocycles. The van der Waals surface area contributed by atoms with Crippen LogP contribution in [0.5, 0.6) is 0 Å². The fourth-order valence-corrected chi connectivity index (χ4v) is 1.73. The lowest BCUT2D eigenvalue weighted by molar-refractivity contribution is 0.286. The molecule has 0 rings (SSSR count). The van der Waals surface area contributed by atoms with Gasteiger partial charge < -0.3 is 0 Å². The van der Waals surface area contributed by atoms with Crippen molar-refractivity contribution in [3.8, 4) is 0 Å². The fourth-order valence-electron chi connectivity index (χ4n) is 1.73. The van der Waals surface area contributed by atoms with Gasteiger partial charge >= 0.3 is 0 Å². The van der Waals surface area contributed by atoms with Crippen molar-refractivity contribution < 1.29 is 0 Å². The van der Waals surface area contributed by atoms with E-state index in [1.54, 1.807) is 0 Å². The number of hydrogen-bond acceptors (Lipinski definition) is 2. The molecule has 120 valence electrons. The highest BCUT2D eigenvalue weighted by atomic mass is 15.2. The fraction of sp³-hybridized carbons (Fsp3) is 1.00. The highest BCUT2D eigenvalue weighted by Gasteiger charge is 2.25. The van der Waals surface area contributed by atoms with Crippen LogP contribution in [0.4, 0.5) is 0 Å². The van der Waals surface area contributed by atoms with Crippen molar-refractivity contribution in [1.82, 2.24) is 0 Å². The molecular formula is C18H38N2. The Labute approximate surface area is 127 Å². The number of nitrogens with zero attached hydrogens (tertiary/aromatic N) is 2. The van der Waals surface area contributed by atoms with E-state index in [0.29, 0.717) is 10.8 Å². The van der Waals surface area contributed by atoms with Crippen LogP contribution in [0, 0.1) is 10.8 Å². The van der Waals surface area contributed by atoms with E-state index in [0.717, 1.165) is 12.8 Å². The van der Waals surface area contributed by atoms with Gasteiger partial charge in [-0.15, -0.1) is 0 Å². The summed E-state index contributed by atoms with van der Waals surface area (Å²) in [6.45, 7) is 22.5. The zero-order valence-corrected chi connectivity index (χ0v) is 15.7. The SMILES string of the molecule is CC(C)(C)CCC(C)(C)/N=N/C(C)(C)CCC(C)(C)C. The van der Waals surface area contributed by atoms with Gasteiger partial charge in [0, 0.05) is 0 Å². The zero-order chi connectivity index (χ0) is 16.2. The van der Waals surface area contributed by atoms with Gasteiger partial charge in [-0.05, 0) is 64.2 Å². The third-order valence-corrected chi connectivity index (χ3v) is 3.57. The summed E-state index contributed by atoms with van der Waals surface area (Å²) in [4.78, 5) is 0. The molecular weight excluding hydrogens is 244 g/mol. The minimum atomic E-state index is -0.0493. The van der Waals surface area contributed by atoms with Crippen molar-refractivity contribution in [2.75, 3.05) is 0 Å². The Morgan fingerprint density at radius 3 is 0.900 bits per heavy atom. The van der Waals surface area contributed by atoms with Crippen LogP contribution in [0.3, 0.4) is 0 Å². The van der Waals surface area contributed by atoms with E-state index in [1.165, 1.54) is 12.8 Å². The molecule has 0 saturated carbocycles. The Balaban J connectivity index is 4.50. The van der Waals surface area contributed by atoms with Crippen LogP contribution in [0.2, 0.25) is 0 Å². The van der Waals surface area contributed by atoms with Gasteiger partial charge in [0.05, 0.1) is 11.1 Å². The number of azo groups is 1. The maximum absolute atomic E-state index is 4.66. The van der Waals surface area contributed by atoms with Crippen molar-refractivity contribution in [3.63, 3.8) is 0 Å². The Hall–Kier alpha value is -0.400. The van der Waals surface area contributed by atoms with Crippen LogP contribution in [0.1, 0.15) is 94.9 Å². The van der Waals surface area contributed by atoms with Crippen LogP contribution in [-0.2, 0) is 0 Å². The van der Waals surface area contributed by atoms with Gasteiger partial charge in [0.2, 0.25) is 0 Å². The van der Waals surface area contributed by atoms with Crippen LogP contribution < -0.4 is 0 Å². The lowest BCUT2D eigenvalue weighted by Gasteiger charge is -2.28. The number of hydrogen-bond donors (Lipinski definition) is 0. The summed E-state index contributed by atoms with van der Waals surface area (Å²) in [6, 6.07) is 0. The third-order valence-electron chi connectivity index (χ3n) is 3.57. The van der Waals surface area contributed by atoms with E-state index in [2.05, 4.69) is 79.5 Å². The summed E-state index contributed by atoms with van der Waals surface area (Å²) in [5.74, 6) is 0. The molecule has 0 aromatic carbocycles. The molecule has 0 atom stereocenters. The van der Waals surface area contributed by atoms with Gasteiger partial charge in [-0.2, -0.15) is 10.2 Å². The average Bonchev–Trinajstić information content (AvgIpc) is 2.20. The van der Waals surface area contributed by atoms with Crippen LogP contribution in [-0.4, -0.2) is 11.1 Å². The van der Waals surface area contributed by atoms with E-state index in [1.807, 2.05) is 0 Å². The second-order valence-corrected chi connectivity index (χ2v) is 9.95. The summed E-state index contributed by atoms with van der Waals surface area (Å²) in [7, 11) is 0. The molecule has 0 bridgehead atoms. The van der Waals surface area contributed by atoms with E-state index in [9.17, 15) is 0 Å². The summed E-state index contributed by atoms with van der Waals surface area (Å²) in [5.41, 5.74) is 0.641. The monoisotopic (exact) mass is 282 g/mol. The van der Waals surface area contributed by atoms with Crippen LogP contribution >= 0.6 is 0 Å². The first-order valence-corrected chi connectivity index (χ1v) is 8.06. The van der Waals surface area contributed by atoms with Crippen LogP contribution in [0.25, 0.3) is 0 Å². The lowest BCUT2D eigenvalue weighted by Crippen LogP contribution is -2.24. The average molecular weight is 283 g/mol. The molecule has 0 aliphatic heterocycles. The highest BCUT2D eigenvalue weighted by Crippen LogP contribution is 2.31. The number of rotatable bonds is 6. The van der Waals surface area contributed by atoms with E-state index >= 15 is 0 Å². The van der Waals surface area contributed by atoms with Crippen LogP contribution in [0.15, 0.2) is 10.2 Å². The molecule has 0 spiro atoms. The first kappa shape index (κ1) is 19.6. The minimum absolute atomic E-state index is 0.0493. The molecule has 0 aliphatic carbocycles. The molecule has 0 saturated heterocycles. The molecule has 0 aliphatic rings. The quantitative estimate of drug-likeness (QED) is 0.487.